The van der Waals surface area contributed by atoms with Crippen LogP contribution >= 0.6 is 11.6 Å². The fraction of sp³-hybridized carbons (Fsp3) is 0. The molecule has 0 aliphatic carbocycles. The standard InChI is InChI=1S/C20H13ClN4O2/c21-14-7-8-17(15(11-14)18(26)13-5-2-1-3-6-13)24-20(27)16-12-23-25-10-4-9-22-19(16)25/h1-12H,(H,24,27). The quantitative estimate of drug-likeness (QED) is 0.548. The summed E-state index contributed by atoms with van der Waals surface area (Å²) in [7, 11) is 0. The molecule has 27 heavy (non-hydrogen) atoms. The molecular weight excluding hydrogens is 364 g/mol. The zero-order chi connectivity index (χ0) is 18.8. The second-order valence-corrected chi connectivity index (χ2v) is 6.22. The Morgan fingerprint density at radius 1 is 1.00 bits per heavy atom. The largest absolute Gasteiger partial charge is 0.321 e. The summed E-state index contributed by atoms with van der Waals surface area (Å²) in [5.74, 6) is -0.639. The summed E-state index contributed by atoms with van der Waals surface area (Å²) in [5.41, 5.74) is 1.93. The fourth-order valence-corrected chi connectivity index (χ4v) is 2.91. The van der Waals surface area contributed by atoms with Gasteiger partial charge in [0.15, 0.2) is 11.4 Å². The Morgan fingerprint density at radius 3 is 2.63 bits per heavy atom. The lowest BCUT2D eigenvalue weighted by Crippen LogP contribution is -2.15. The normalized spacial score (nSPS) is 10.7. The second kappa shape index (κ2) is 7.01. The van der Waals surface area contributed by atoms with Crippen LogP contribution in [0.15, 0.2) is 73.2 Å². The van der Waals surface area contributed by atoms with Crippen LogP contribution in [-0.2, 0) is 0 Å². The first-order valence-corrected chi connectivity index (χ1v) is 8.50. The molecule has 0 atom stereocenters. The molecule has 132 valence electrons. The highest BCUT2D eigenvalue weighted by atomic mass is 35.5. The first-order chi connectivity index (χ1) is 13.1. The Morgan fingerprint density at radius 2 is 1.81 bits per heavy atom. The van der Waals surface area contributed by atoms with Crippen LogP contribution < -0.4 is 5.32 Å². The first-order valence-electron chi connectivity index (χ1n) is 8.12. The molecule has 0 aliphatic rings. The molecule has 0 unspecified atom stereocenters. The van der Waals surface area contributed by atoms with Gasteiger partial charge in [0.05, 0.1) is 11.9 Å². The number of carbonyl (C=O) groups is 2. The van der Waals surface area contributed by atoms with E-state index in [0.29, 0.717) is 33.0 Å². The molecule has 4 aromatic rings. The van der Waals surface area contributed by atoms with E-state index in [-0.39, 0.29) is 5.78 Å². The van der Waals surface area contributed by atoms with Crippen molar-refractivity contribution in [2.75, 3.05) is 5.32 Å². The molecular formula is C20H13ClN4O2. The third-order valence-electron chi connectivity index (χ3n) is 4.03. The predicted octanol–water partition coefficient (Wildman–Crippen LogP) is 3.87. The lowest BCUT2D eigenvalue weighted by atomic mass is 10.0. The number of benzene rings is 2. The zero-order valence-electron chi connectivity index (χ0n) is 14.0. The molecule has 0 spiro atoms. The van der Waals surface area contributed by atoms with Crippen LogP contribution in [0.5, 0.6) is 0 Å². The van der Waals surface area contributed by atoms with Crippen molar-refractivity contribution >= 4 is 34.6 Å². The molecule has 6 nitrogen and oxygen atoms in total. The molecule has 7 heteroatoms. The number of nitrogens with one attached hydrogen (secondary N) is 1. The Balaban J connectivity index is 1.70. The highest BCUT2D eigenvalue weighted by molar-refractivity contribution is 6.31. The van der Waals surface area contributed by atoms with Crippen LogP contribution in [0, 0.1) is 0 Å². The van der Waals surface area contributed by atoms with Crippen molar-refractivity contribution in [3.63, 3.8) is 0 Å². The lowest BCUT2D eigenvalue weighted by Gasteiger charge is -2.11. The zero-order valence-corrected chi connectivity index (χ0v) is 14.7. The van der Waals surface area contributed by atoms with E-state index in [1.165, 1.54) is 10.7 Å². The van der Waals surface area contributed by atoms with Crippen molar-refractivity contribution < 1.29 is 9.59 Å². The minimum Gasteiger partial charge on any atom is -0.321 e. The van der Waals surface area contributed by atoms with Crippen LogP contribution in [0.2, 0.25) is 5.02 Å². The first kappa shape index (κ1) is 16.9. The molecule has 2 heterocycles. The van der Waals surface area contributed by atoms with Crippen molar-refractivity contribution in [1.82, 2.24) is 14.6 Å². The number of nitrogens with zero attached hydrogens (tertiary/aromatic N) is 3. The van der Waals surface area contributed by atoms with Gasteiger partial charge < -0.3 is 5.32 Å². The van der Waals surface area contributed by atoms with E-state index in [4.69, 9.17) is 11.6 Å². The molecule has 4 rings (SSSR count). The third-order valence-corrected chi connectivity index (χ3v) is 4.27. The van der Waals surface area contributed by atoms with E-state index in [1.54, 1.807) is 60.9 Å². The van der Waals surface area contributed by atoms with Gasteiger partial charge in [0.1, 0.15) is 5.56 Å². The van der Waals surface area contributed by atoms with Crippen LogP contribution in [0.3, 0.4) is 0 Å². The molecule has 0 bridgehead atoms. The minimum atomic E-state index is -0.409. The van der Waals surface area contributed by atoms with Gasteiger partial charge in [-0.15, -0.1) is 0 Å². The van der Waals surface area contributed by atoms with Crippen LogP contribution in [-0.4, -0.2) is 26.3 Å². The van der Waals surface area contributed by atoms with E-state index >= 15 is 0 Å². The van der Waals surface area contributed by atoms with Gasteiger partial charge >= 0.3 is 0 Å². The van der Waals surface area contributed by atoms with E-state index < -0.39 is 5.91 Å². The summed E-state index contributed by atoms with van der Waals surface area (Å²) in [6.07, 6.45) is 4.72. The van der Waals surface area contributed by atoms with Crippen molar-refractivity contribution in [3.8, 4) is 0 Å². The second-order valence-electron chi connectivity index (χ2n) is 5.79. The Hall–Kier alpha value is -3.51. The van der Waals surface area contributed by atoms with Gasteiger partial charge in [0.2, 0.25) is 0 Å². The van der Waals surface area contributed by atoms with E-state index in [0.717, 1.165) is 0 Å². The maximum atomic E-state index is 12.9. The van der Waals surface area contributed by atoms with Crippen molar-refractivity contribution in [2.24, 2.45) is 0 Å². The molecule has 0 saturated heterocycles. The summed E-state index contributed by atoms with van der Waals surface area (Å²) in [6.45, 7) is 0. The average Bonchev–Trinajstić information content (AvgIpc) is 3.14. The Kier molecular flexibility index (Phi) is 4.40. The lowest BCUT2D eigenvalue weighted by molar-refractivity contribution is 0.102. The van der Waals surface area contributed by atoms with Crippen molar-refractivity contribution in [2.45, 2.75) is 0 Å². The molecule has 0 radical (unpaired) electrons. The number of ketones is 1. The number of hydrogen-bond acceptors (Lipinski definition) is 4. The number of aromatic nitrogens is 3. The van der Waals surface area contributed by atoms with E-state index in [9.17, 15) is 9.59 Å². The van der Waals surface area contributed by atoms with E-state index in [2.05, 4.69) is 15.4 Å². The molecule has 0 saturated carbocycles. The molecule has 1 N–H and O–H groups in total. The topological polar surface area (TPSA) is 76.4 Å². The van der Waals surface area contributed by atoms with Crippen molar-refractivity contribution in [1.29, 1.82) is 0 Å². The molecule has 0 fully saturated rings. The van der Waals surface area contributed by atoms with Gasteiger partial charge in [-0.25, -0.2) is 9.50 Å². The smallest absolute Gasteiger partial charge is 0.261 e. The van der Waals surface area contributed by atoms with Crippen LogP contribution in [0.1, 0.15) is 26.3 Å². The van der Waals surface area contributed by atoms with Crippen LogP contribution in [0.4, 0.5) is 5.69 Å². The highest BCUT2D eigenvalue weighted by Gasteiger charge is 2.19. The number of hydrogen-bond donors (Lipinski definition) is 1. The number of fused-ring (bicyclic) bond motifs is 1. The molecule has 2 aromatic carbocycles. The van der Waals surface area contributed by atoms with Gasteiger partial charge in [-0.1, -0.05) is 41.9 Å². The number of rotatable bonds is 4. The minimum absolute atomic E-state index is 0.230. The number of amides is 1. The van der Waals surface area contributed by atoms with Gasteiger partial charge in [-0.2, -0.15) is 5.10 Å². The maximum absolute atomic E-state index is 12.9. The summed E-state index contributed by atoms with van der Waals surface area (Å²) in [6, 6.07) is 15.3. The highest BCUT2D eigenvalue weighted by Crippen LogP contribution is 2.24. The average molecular weight is 377 g/mol. The summed E-state index contributed by atoms with van der Waals surface area (Å²) < 4.78 is 1.51. The molecule has 1 amide bonds. The van der Waals surface area contributed by atoms with Gasteiger partial charge in [0.25, 0.3) is 5.91 Å². The predicted molar refractivity (Wildman–Crippen MR) is 102 cm³/mol. The van der Waals surface area contributed by atoms with Gasteiger partial charge in [-0.05, 0) is 24.3 Å². The number of carbonyl (C=O) groups excluding carboxylic acids is 2. The van der Waals surface area contributed by atoms with Gasteiger partial charge in [-0.3, -0.25) is 9.59 Å². The summed E-state index contributed by atoms with van der Waals surface area (Å²) in [5, 5.41) is 7.28. The summed E-state index contributed by atoms with van der Waals surface area (Å²) in [4.78, 5) is 29.8. The van der Waals surface area contributed by atoms with Gasteiger partial charge in [0, 0.05) is 28.5 Å². The third kappa shape index (κ3) is 3.30. The SMILES string of the molecule is O=C(c1ccccc1)c1cc(Cl)ccc1NC(=O)c1cnn2cccnc12. The molecule has 0 aliphatic heterocycles. The number of halogens is 1. The van der Waals surface area contributed by atoms with Crippen molar-refractivity contribution in [3.05, 3.63) is 94.9 Å². The fourth-order valence-electron chi connectivity index (χ4n) is 2.74. The Bertz CT molecular complexity index is 1160. The van der Waals surface area contributed by atoms with E-state index in [1.807, 2.05) is 6.07 Å². The van der Waals surface area contributed by atoms with Crippen LogP contribution in [0.25, 0.3) is 5.65 Å². The molecule has 2 aromatic heterocycles. The monoisotopic (exact) mass is 376 g/mol. The maximum Gasteiger partial charge on any atom is 0.261 e. The Labute approximate surface area is 159 Å². The number of anilines is 1. The summed E-state index contributed by atoms with van der Waals surface area (Å²) >= 11 is 6.07.